The van der Waals surface area contributed by atoms with E-state index in [2.05, 4.69) is 10.6 Å². The Labute approximate surface area is 118 Å². The molecule has 1 heterocycles. The van der Waals surface area contributed by atoms with Gasteiger partial charge in [0, 0.05) is 12.1 Å². The van der Waals surface area contributed by atoms with E-state index in [4.69, 9.17) is 0 Å². The monoisotopic (exact) mass is 290 g/mol. The molecule has 3 aliphatic rings. The Bertz CT molecular complexity index is 333. The molecule has 0 spiro atoms. The van der Waals surface area contributed by atoms with E-state index >= 15 is 0 Å². The van der Waals surface area contributed by atoms with Crippen molar-refractivity contribution in [3.63, 3.8) is 0 Å². The second-order valence-electron chi connectivity index (χ2n) is 6.84. The summed E-state index contributed by atoms with van der Waals surface area (Å²) in [7, 11) is 0. The Balaban J connectivity index is 1.66. The highest BCUT2D eigenvalue weighted by Crippen LogP contribution is 2.50. The van der Waals surface area contributed by atoms with Gasteiger partial charge in [-0.3, -0.25) is 0 Å². The third-order valence-corrected chi connectivity index (χ3v) is 5.44. The van der Waals surface area contributed by atoms with Gasteiger partial charge < -0.3 is 10.6 Å². The lowest BCUT2D eigenvalue weighted by Gasteiger charge is -2.41. The van der Waals surface area contributed by atoms with E-state index in [9.17, 15) is 13.2 Å². The first-order chi connectivity index (χ1) is 9.52. The summed E-state index contributed by atoms with van der Waals surface area (Å²) in [4.78, 5) is 0. The van der Waals surface area contributed by atoms with Gasteiger partial charge >= 0.3 is 6.18 Å². The normalized spacial score (nSPS) is 37.6. The summed E-state index contributed by atoms with van der Waals surface area (Å²) < 4.78 is 39.4. The average molecular weight is 290 g/mol. The molecular weight excluding hydrogens is 265 g/mol. The molecule has 20 heavy (non-hydrogen) atoms. The fraction of sp³-hybridized carbons (Fsp3) is 1.00. The summed E-state index contributed by atoms with van der Waals surface area (Å²) >= 11 is 0. The second-order valence-corrected chi connectivity index (χ2v) is 6.84. The van der Waals surface area contributed by atoms with Crippen LogP contribution in [0.4, 0.5) is 13.2 Å². The zero-order valence-corrected chi connectivity index (χ0v) is 11.9. The van der Waals surface area contributed by atoms with E-state index in [-0.39, 0.29) is 18.9 Å². The molecule has 0 aromatic heterocycles. The van der Waals surface area contributed by atoms with Gasteiger partial charge in [-0.2, -0.15) is 13.2 Å². The summed E-state index contributed by atoms with van der Waals surface area (Å²) in [5.74, 6) is 0.379. The predicted octanol–water partition coefficient (Wildman–Crippen LogP) is 3.37. The maximum absolute atomic E-state index is 13.1. The predicted molar refractivity (Wildman–Crippen MR) is 72.5 cm³/mol. The van der Waals surface area contributed by atoms with Crippen LogP contribution >= 0.6 is 0 Å². The zero-order valence-electron chi connectivity index (χ0n) is 11.9. The molecule has 1 saturated heterocycles. The Morgan fingerprint density at radius 3 is 2.25 bits per heavy atom. The van der Waals surface area contributed by atoms with E-state index in [1.807, 2.05) is 0 Å². The van der Waals surface area contributed by atoms with Gasteiger partial charge in [0.25, 0.3) is 0 Å². The number of hydrogen-bond acceptors (Lipinski definition) is 2. The smallest absolute Gasteiger partial charge is 0.314 e. The Morgan fingerprint density at radius 2 is 1.65 bits per heavy atom. The van der Waals surface area contributed by atoms with Crippen molar-refractivity contribution >= 4 is 0 Å². The van der Waals surface area contributed by atoms with Crippen LogP contribution in [-0.2, 0) is 0 Å². The molecule has 2 nitrogen and oxygen atoms in total. The van der Waals surface area contributed by atoms with Gasteiger partial charge in [0.05, 0.1) is 0 Å². The van der Waals surface area contributed by atoms with Crippen molar-refractivity contribution in [3.05, 3.63) is 0 Å². The molecule has 2 N–H and O–H groups in total. The van der Waals surface area contributed by atoms with Gasteiger partial charge in [-0.25, -0.2) is 0 Å². The Hall–Kier alpha value is -0.290. The molecule has 2 aliphatic carbocycles. The molecule has 0 radical (unpaired) electrons. The molecule has 0 aromatic carbocycles. The van der Waals surface area contributed by atoms with Crippen LogP contribution in [0.3, 0.4) is 0 Å². The minimum atomic E-state index is -4.09. The molecule has 3 rings (SSSR count). The number of hydrogen-bond donors (Lipinski definition) is 2. The van der Waals surface area contributed by atoms with Crippen molar-refractivity contribution in [2.24, 2.45) is 5.92 Å². The minimum Gasteiger partial charge on any atom is -0.314 e. The second kappa shape index (κ2) is 5.48. The first kappa shape index (κ1) is 14.6. The van der Waals surface area contributed by atoms with Gasteiger partial charge in [0.15, 0.2) is 0 Å². The van der Waals surface area contributed by atoms with Crippen molar-refractivity contribution in [3.8, 4) is 0 Å². The number of halogens is 3. The van der Waals surface area contributed by atoms with Crippen LogP contribution in [0.2, 0.25) is 0 Å². The lowest BCUT2D eigenvalue weighted by atomic mass is 9.77. The lowest BCUT2D eigenvalue weighted by molar-refractivity contribution is -0.169. The average Bonchev–Trinajstić information content (AvgIpc) is 3.21. The lowest BCUT2D eigenvalue weighted by Crippen LogP contribution is -2.57. The molecule has 0 amide bonds. The van der Waals surface area contributed by atoms with Crippen LogP contribution < -0.4 is 10.6 Å². The summed E-state index contributed by atoms with van der Waals surface area (Å²) in [6, 6.07) is 0.467. The van der Waals surface area contributed by atoms with Crippen LogP contribution in [0.1, 0.15) is 57.8 Å². The molecule has 1 aliphatic heterocycles. The van der Waals surface area contributed by atoms with Gasteiger partial charge in [0.2, 0.25) is 0 Å². The van der Waals surface area contributed by atoms with Crippen molar-refractivity contribution in [2.75, 3.05) is 6.54 Å². The molecule has 2 saturated carbocycles. The topological polar surface area (TPSA) is 24.1 Å². The van der Waals surface area contributed by atoms with E-state index in [0.717, 1.165) is 32.2 Å². The highest BCUT2D eigenvalue weighted by molar-refractivity contribution is 5.10. The van der Waals surface area contributed by atoms with E-state index in [1.165, 1.54) is 19.3 Å². The van der Waals surface area contributed by atoms with Crippen molar-refractivity contribution in [2.45, 2.75) is 81.6 Å². The van der Waals surface area contributed by atoms with Crippen LogP contribution in [0.25, 0.3) is 0 Å². The maximum atomic E-state index is 13.1. The molecule has 0 bridgehead atoms. The SMILES string of the molecule is FC(F)(F)C1(NC2CCCCC2C2CCCCN2)CC1. The highest BCUT2D eigenvalue weighted by atomic mass is 19.4. The third-order valence-electron chi connectivity index (χ3n) is 5.44. The van der Waals surface area contributed by atoms with Gasteiger partial charge in [-0.1, -0.05) is 19.3 Å². The zero-order chi connectivity index (χ0) is 14.2. The molecule has 3 atom stereocenters. The fourth-order valence-corrected chi connectivity index (χ4v) is 4.05. The minimum absolute atomic E-state index is 0.0449. The van der Waals surface area contributed by atoms with E-state index in [0.29, 0.717) is 12.0 Å². The first-order valence-electron chi connectivity index (χ1n) is 8.10. The molecular formula is C15H25F3N2. The van der Waals surface area contributed by atoms with Crippen LogP contribution in [0, 0.1) is 5.92 Å². The first-order valence-corrected chi connectivity index (χ1v) is 8.10. The summed E-state index contributed by atoms with van der Waals surface area (Å²) in [5.41, 5.74) is -1.55. The van der Waals surface area contributed by atoms with Gasteiger partial charge in [0.1, 0.15) is 5.54 Å². The van der Waals surface area contributed by atoms with Crippen LogP contribution in [-0.4, -0.2) is 30.3 Å². The largest absolute Gasteiger partial charge is 0.406 e. The van der Waals surface area contributed by atoms with Crippen LogP contribution in [0.15, 0.2) is 0 Å². The molecule has 116 valence electrons. The number of alkyl halides is 3. The summed E-state index contributed by atoms with van der Waals surface area (Å²) in [5, 5.41) is 6.57. The summed E-state index contributed by atoms with van der Waals surface area (Å²) in [6.07, 6.45) is 4.18. The molecule has 3 fully saturated rings. The van der Waals surface area contributed by atoms with Crippen molar-refractivity contribution in [1.82, 2.24) is 10.6 Å². The molecule has 5 heteroatoms. The number of piperidine rings is 1. The Morgan fingerprint density at radius 1 is 0.950 bits per heavy atom. The highest BCUT2D eigenvalue weighted by Gasteiger charge is 2.64. The van der Waals surface area contributed by atoms with Gasteiger partial charge in [-0.15, -0.1) is 0 Å². The standard InChI is InChI=1S/C15H25F3N2/c16-15(17,18)14(8-9-14)20-13-7-2-1-5-11(13)12-6-3-4-10-19-12/h11-13,19-20H,1-10H2. The van der Waals surface area contributed by atoms with Gasteiger partial charge in [-0.05, 0) is 51.0 Å². The number of rotatable bonds is 3. The number of nitrogens with one attached hydrogen (secondary N) is 2. The fourth-order valence-electron chi connectivity index (χ4n) is 4.05. The van der Waals surface area contributed by atoms with E-state index < -0.39 is 11.7 Å². The molecule has 0 aromatic rings. The van der Waals surface area contributed by atoms with E-state index in [1.54, 1.807) is 0 Å². The van der Waals surface area contributed by atoms with Crippen molar-refractivity contribution < 1.29 is 13.2 Å². The molecule has 3 unspecified atom stereocenters. The third kappa shape index (κ3) is 2.84. The van der Waals surface area contributed by atoms with Crippen LogP contribution in [0.5, 0.6) is 0 Å². The maximum Gasteiger partial charge on any atom is 0.406 e. The van der Waals surface area contributed by atoms with Crippen molar-refractivity contribution in [1.29, 1.82) is 0 Å². The summed E-state index contributed by atoms with van der Waals surface area (Å²) in [6.45, 7) is 1.03. The quantitative estimate of drug-likeness (QED) is 0.832. The Kier molecular flexibility index (Phi) is 4.01.